The van der Waals surface area contributed by atoms with Crippen LogP contribution < -0.4 is 5.32 Å². The Morgan fingerprint density at radius 1 is 1.00 bits per heavy atom. The first-order valence-corrected chi connectivity index (χ1v) is 10.9. The smallest absolute Gasteiger partial charge is 0.226 e. The minimum absolute atomic E-state index is 0.0769. The van der Waals surface area contributed by atoms with E-state index < -0.39 is 5.41 Å². The van der Waals surface area contributed by atoms with Gasteiger partial charge in [-0.2, -0.15) is 0 Å². The molecule has 0 bridgehead atoms. The highest BCUT2D eigenvalue weighted by Gasteiger charge is 2.44. The number of hydrogen-bond donors (Lipinski definition) is 1. The molecule has 1 aliphatic carbocycles. The fourth-order valence-corrected chi connectivity index (χ4v) is 4.42. The Morgan fingerprint density at radius 3 is 2.23 bits per heavy atom. The number of carbonyl (C=O) groups is 2. The lowest BCUT2D eigenvalue weighted by Crippen LogP contribution is -2.51. The van der Waals surface area contributed by atoms with Crippen LogP contribution in [0.5, 0.6) is 0 Å². The number of piperidine rings is 1. The van der Waals surface area contributed by atoms with Gasteiger partial charge in [-0.1, -0.05) is 60.7 Å². The van der Waals surface area contributed by atoms with Gasteiger partial charge in [-0.25, -0.2) is 0 Å². The highest BCUT2D eigenvalue weighted by molar-refractivity contribution is 5.85. The van der Waals surface area contributed by atoms with Crippen molar-refractivity contribution < 1.29 is 9.59 Å². The molecule has 1 aliphatic heterocycles. The zero-order chi connectivity index (χ0) is 21.0. The van der Waals surface area contributed by atoms with Crippen molar-refractivity contribution >= 4 is 11.8 Å². The molecule has 1 N–H and O–H groups in total. The van der Waals surface area contributed by atoms with E-state index in [0.717, 1.165) is 18.4 Å². The predicted molar refractivity (Wildman–Crippen MR) is 120 cm³/mol. The summed E-state index contributed by atoms with van der Waals surface area (Å²) in [7, 11) is 0. The summed E-state index contributed by atoms with van der Waals surface area (Å²) >= 11 is 0. The maximum Gasteiger partial charge on any atom is 0.226 e. The van der Waals surface area contributed by atoms with E-state index in [0.29, 0.717) is 38.9 Å². The van der Waals surface area contributed by atoms with E-state index in [2.05, 4.69) is 48.3 Å². The van der Waals surface area contributed by atoms with Crippen molar-refractivity contribution in [3.8, 4) is 11.1 Å². The summed E-state index contributed by atoms with van der Waals surface area (Å²) in [6, 6.07) is 18.8. The Morgan fingerprint density at radius 2 is 1.63 bits per heavy atom. The minimum Gasteiger partial charge on any atom is -0.352 e. The molecule has 2 amide bonds. The third-order valence-electron chi connectivity index (χ3n) is 6.45. The molecule has 2 fully saturated rings. The normalized spacial score (nSPS) is 17.9. The van der Waals surface area contributed by atoms with Gasteiger partial charge in [-0.05, 0) is 48.8 Å². The molecule has 2 aromatic carbocycles. The van der Waals surface area contributed by atoms with Crippen LogP contribution in [0.3, 0.4) is 0 Å². The highest BCUT2D eigenvalue weighted by Crippen LogP contribution is 2.38. The number of hydrogen-bond acceptors (Lipinski definition) is 2. The van der Waals surface area contributed by atoms with Crippen LogP contribution >= 0.6 is 0 Å². The van der Waals surface area contributed by atoms with Gasteiger partial charge in [0.25, 0.3) is 0 Å². The standard InChI is InChI=1S/C26H30N2O2/c1-2-16-27-25(30)26(14-17-28(18-15-26)24(29)23-12-13-23)19-20-8-10-22(11-9-20)21-6-4-3-5-7-21/h2-11,23H,1,12-19H2,(H,27,30). The summed E-state index contributed by atoms with van der Waals surface area (Å²) in [6.07, 6.45) is 5.86. The van der Waals surface area contributed by atoms with Crippen LogP contribution in [-0.2, 0) is 16.0 Å². The zero-order valence-electron chi connectivity index (χ0n) is 17.5. The summed E-state index contributed by atoms with van der Waals surface area (Å²) in [6.45, 7) is 5.52. The quantitative estimate of drug-likeness (QED) is 0.705. The molecule has 0 unspecified atom stereocenters. The molecule has 0 spiro atoms. The molecule has 0 radical (unpaired) electrons. The SMILES string of the molecule is C=CCNC(=O)C1(Cc2ccc(-c3ccccc3)cc2)CCN(C(=O)C2CC2)CC1. The van der Waals surface area contributed by atoms with Crippen LogP contribution in [0.4, 0.5) is 0 Å². The molecule has 30 heavy (non-hydrogen) atoms. The Labute approximate surface area is 179 Å². The monoisotopic (exact) mass is 402 g/mol. The number of rotatable bonds is 7. The van der Waals surface area contributed by atoms with Gasteiger partial charge in [0.05, 0.1) is 5.41 Å². The number of nitrogens with zero attached hydrogens (tertiary/aromatic N) is 1. The summed E-state index contributed by atoms with van der Waals surface area (Å²) in [5, 5.41) is 3.02. The van der Waals surface area contributed by atoms with E-state index in [1.54, 1.807) is 6.08 Å². The van der Waals surface area contributed by atoms with E-state index >= 15 is 0 Å². The van der Waals surface area contributed by atoms with Crippen molar-refractivity contribution in [1.82, 2.24) is 10.2 Å². The lowest BCUT2D eigenvalue weighted by Gasteiger charge is -2.41. The van der Waals surface area contributed by atoms with Gasteiger partial charge in [-0.15, -0.1) is 6.58 Å². The second-order valence-electron chi connectivity index (χ2n) is 8.62. The molecule has 0 aromatic heterocycles. The Balaban J connectivity index is 1.49. The van der Waals surface area contributed by atoms with Gasteiger partial charge in [-0.3, -0.25) is 9.59 Å². The molecular weight excluding hydrogens is 372 g/mol. The fraction of sp³-hybridized carbons (Fsp3) is 0.385. The van der Waals surface area contributed by atoms with Crippen LogP contribution in [0.15, 0.2) is 67.3 Å². The summed E-state index contributed by atoms with van der Waals surface area (Å²) < 4.78 is 0. The van der Waals surface area contributed by atoms with Crippen LogP contribution in [-0.4, -0.2) is 36.3 Å². The first-order valence-electron chi connectivity index (χ1n) is 10.9. The fourth-order valence-electron chi connectivity index (χ4n) is 4.42. The van der Waals surface area contributed by atoms with Crippen LogP contribution in [0, 0.1) is 11.3 Å². The number of likely N-dealkylation sites (tertiary alicyclic amines) is 1. The maximum absolute atomic E-state index is 13.1. The van der Waals surface area contributed by atoms with Gasteiger partial charge in [0.2, 0.25) is 11.8 Å². The first-order chi connectivity index (χ1) is 14.6. The number of nitrogens with one attached hydrogen (secondary N) is 1. The van der Waals surface area contributed by atoms with Crippen LogP contribution in [0.2, 0.25) is 0 Å². The van der Waals surface area contributed by atoms with Gasteiger partial charge < -0.3 is 10.2 Å². The van der Waals surface area contributed by atoms with Crippen molar-refractivity contribution in [1.29, 1.82) is 0 Å². The molecule has 2 aromatic rings. The first kappa shape index (κ1) is 20.4. The second-order valence-corrected chi connectivity index (χ2v) is 8.62. The number of benzene rings is 2. The highest BCUT2D eigenvalue weighted by atomic mass is 16.2. The number of amides is 2. The Bertz CT molecular complexity index is 892. The molecular formula is C26H30N2O2. The van der Waals surface area contributed by atoms with Gasteiger partial charge in [0, 0.05) is 25.6 Å². The minimum atomic E-state index is -0.475. The van der Waals surface area contributed by atoms with Crippen molar-refractivity contribution in [2.45, 2.75) is 32.1 Å². The third kappa shape index (κ3) is 4.48. The zero-order valence-corrected chi connectivity index (χ0v) is 17.5. The van der Waals surface area contributed by atoms with Gasteiger partial charge in [0.15, 0.2) is 0 Å². The Kier molecular flexibility index (Phi) is 6.03. The topological polar surface area (TPSA) is 49.4 Å². The molecule has 4 heteroatoms. The third-order valence-corrected chi connectivity index (χ3v) is 6.45. The summed E-state index contributed by atoms with van der Waals surface area (Å²) in [5.74, 6) is 0.591. The predicted octanol–water partition coefficient (Wildman–Crippen LogP) is 4.22. The van der Waals surface area contributed by atoms with Crippen molar-refractivity contribution in [3.05, 3.63) is 72.8 Å². The van der Waals surface area contributed by atoms with E-state index in [1.807, 2.05) is 23.1 Å². The van der Waals surface area contributed by atoms with Crippen LogP contribution in [0.1, 0.15) is 31.2 Å². The molecule has 1 saturated carbocycles. The van der Waals surface area contributed by atoms with Gasteiger partial charge >= 0.3 is 0 Å². The van der Waals surface area contributed by atoms with E-state index in [-0.39, 0.29) is 17.7 Å². The molecule has 156 valence electrons. The van der Waals surface area contributed by atoms with Crippen LogP contribution in [0.25, 0.3) is 11.1 Å². The molecule has 0 atom stereocenters. The van der Waals surface area contributed by atoms with E-state index in [4.69, 9.17) is 0 Å². The maximum atomic E-state index is 13.1. The average Bonchev–Trinajstić information content (AvgIpc) is 3.64. The average molecular weight is 403 g/mol. The number of carbonyl (C=O) groups excluding carboxylic acids is 2. The Hall–Kier alpha value is -2.88. The van der Waals surface area contributed by atoms with Crippen molar-refractivity contribution in [2.24, 2.45) is 11.3 Å². The summed E-state index contributed by atoms with van der Waals surface area (Å²) in [4.78, 5) is 27.6. The molecule has 2 aliphatic rings. The van der Waals surface area contributed by atoms with E-state index in [9.17, 15) is 9.59 Å². The van der Waals surface area contributed by atoms with Gasteiger partial charge in [0.1, 0.15) is 0 Å². The second kappa shape index (κ2) is 8.86. The van der Waals surface area contributed by atoms with E-state index in [1.165, 1.54) is 11.1 Å². The molecule has 1 heterocycles. The molecule has 4 rings (SSSR count). The molecule has 4 nitrogen and oxygen atoms in total. The lowest BCUT2D eigenvalue weighted by atomic mass is 9.72. The summed E-state index contributed by atoms with van der Waals surface area (Å²) in [5.41, 5.74) is 3.05. The van der Waals surface area contributed by atoms with Crippen molar-refractivity contribution in [2.75, 3.05) is 19.6 Å². The lowest BCUT2D eigenvalue weighted by molar-refractivity contribution is -0.141. The van der Waals surface area contributed by atoms with Crippen molar-refractivity contribution in [3.63, 3.8) is 0 Å². The molecule has 1 saturated heterocycles. The largest absolute Gasteiger partial charge is 0.352 e.